The minimum atomic E-state index is -0.290. The molecule has 0 radical (unpaired) electrons. The van der Waals surface area contributed by atoms with E-state index in [1.54, 1.807) is 17.0 Å². The molecule has 0 saturated carbocycles. The maximum atomic E-state index is 12.6. The average molecular weight is 341 g/mol. The quantitative estimate of drug-likeness (QED) is 0.889. The molecule has 2 rings (SSSR count). The van der Waals surface area contributed by atoms with Crippen LogP contribution < -0.4 is 15.2 Å². The van der Waals surface area contributed by atoms with Crippen LogP contribution in [-0.2, 0) is 4.79 Å². The monoisotopic (exact) mass is 340 g/mol. The first kappa shape index (κ1) is 17.4. The minimum absolute atomic E-state index is 0.106. The van der Waals surface area contributed by atoms with E-state index in [2.05, 4.69) is 0 Å². The number of ether oxygens (including phenoxy) is 2. The van der Waals surface area contributed by atoms with Crippen molar-refractivity contribution in [2.75, 3.05) is 27.3 Å². The number of nitrogens with zero attached hydrogens (tertiary/aromatic N) is 1. The molecule has 0 atom stereocenters. The van der Waals surface area contributed by atoms with Gasteiger partial charge in [0.2, 0.25) is 5.91 Å². The first-order valence-electron chi connectivity index (χ1n) is 7.45. The summed E-state index contributed by atoms with van der Waals surface area (Å²) in [6, 6.07) is 3.21. The summed E-state index contributed by atoms with van der Waals surface area (Å²) in [6.45, 7) is 1.20. The standard InChI is InChI=1S/C16H21ClN2O4/c1-22-13-9-11(8-12(17)15(13)23-2)16(21)19-5-3-10(4-6-19)7-14(18)20/h8-10H,3-7H2,1-2H3,(H2,18,20). The molecule has 2 amide bonds. The first-order chi connectivity index (χ1) is 11.0. The molecule has 0 aromatic heterocycles. The lowest BCUT2D eigenvalue weighted by Gasteiger charge is -2.31. The van der Waals surface area contributed by atoms with Crippen LogP contribution in [0.15, 0.2) is 12.1 Å². The summed E-state index contributed by atoms with van der Waals surface area (Å²) >= 11 is 6.15. The number of hydrogen-bond donors (Lipinski definition) is 1. The van der Waals surface area contributed by atoms with E-state index in [9.17, 15) is 9.59 Å². The molecule has 7 heteroatoms. The van der Waals surface area contributed by atoms with Gasteiger partial charge in [-0.15, -0.1) is 0 Å². The van der Waals surface area contributed by atoms with Gasteiger partial charge in [0.15, 0.2) is 11.5 Å². The number of benzene rings is 1. The Balaban J connectivity index is 2.10. The van der Waals surface area contributed by atoms with Crippen LogP contribution in [0.1, 0.15) is 29.6 Å². The van der Waals surface area contributed by atoms with E-state index in [4.69, 9.17) is 26.8 Å². The number of hydrogen-bond acceptors (Lipinski definition) is 4. The van der Waals surface area contributed by atoms with Gasteiger partial charge < -0.3 is 20.1 Å². The van der Waals surface area contributed by atoms with Gasteiger partial charge in [-0.25, -0.2) is 0 Å². The molecule has 6 nitrogen and oxygen atoms in total. The molecule has 1 aromatic carbocycles. The summed E-state index contributed by atoms with van der Waals surface area (Å²) in [7, 11) is 2.99. The number of rotatable bonds is 5. The molecule has 1 aliphatic heterocycles. The predicted octanol–water partition coefficient (Wildman–Crippen LogP) is 2.08. The molecule has 1 saturated heterocycles. The molecule has 1 heterocycles. The molecule has 0 unspecified atom stereocenters. The molecule has 1 aromatic rings. The maximum Gasteiger partial charge on any atom is 0.254 e. The van der Waals surface area contributed by atoms with Crippen LogP contribution in [0.2, 0.25) is 5.02 Å². The fourth-order valence-corrected chi connectivity index (χ4v) is 3.14. The number of primary amides is 1. The number of methoxy groups -OCH3 is 2. The first-order valence-corrected chi connectivity index (χ1v) is 7.83. The van der Waals surface area contributed by atoms with Crippen molar-refractivity contribution >= 4 is 23.4 Å². The van der Waals surface area contributed by atoms with Crippen molar-refractivity contribution in [2.24, 2.45) is 11.7 Å². The molecule has 1 fully saturated rings. The van der Waals surface area contributed by atoms with Gasteiger partial charge in [0.05, 0.1) is 19.2 Å². The fourth-order valence-electron chi connectivity index (χ4n) is 2.85. The molecule has 0 spiro atoms. The van der Waals surface area contributed by atoms with Crippen LogP contribution in [0.5, 0.6) is 11.5 Å². The van der Waals surface area contributed by atoms with Crippen molar-refractivity contribution in [3.05, 3.63) is 22.7 Å². The van der Waals surface area contributed by atoms with E-state index < -0.39 is 0 Å². The number of amides is 2. The molecular formula is C16H21ClN2O4. The number of carbonyl (C=O) groups excluding carboxylic acids is 2. The smallest absolute Gasteiger partial charge is 0.254 e. The predicted molar refractivity (Wildman–Crippen MR) is 87.0 cm³/mol. The second-order valence-corrected chi connectivity index (χ2v) is 6.01. The number of likely N-dealkylation sites (tertiary alicyclic amines) is 1. The van der Waals surface area contributed by atoms with E-state index in [1.165, 1.54) is 14.2 Å². The minimum Gasteiger partial charge on any atom is -0.493 e. The Morgan fingerprint density at radius 3 is 2.43 bits per heavy atom. The van der Waals surface area contributed by atoms with Gasteiger partial charge in [-0.1, -0.05) is 11.6 Å². The third kappa shape index (κ3) is 4.07. The molecule has 23 heavy (non-hydrogen) atoms. The summed E-state index contributed by atoms with van der Waals surface area (Å²) in [5.41, 5.74) is 5.68. The van der Waals surface area contributed by atoms with Gasteiger partial charge in [-0.2, -0.15) is 0 Å². The SMILES string of the molecule is COc1cc(C(=O)N2CCC(CC(N)=O)CC2)cc(Cl)c1OC. The third-order valence-electron chi connectivity index (χ3n) is 4.07. The van der Waals surface area contributed by atoms with Gasteiger partial charge in [-0.05, 0) is 30.9 Å². The van der Waals surface area contributed by atoms with Crippen molar-refractivity contribution in [1.29, 1.82) is 0 Å². The normalized spacial score (nSPS) is 15.3. The maximum absolute atomic E-state index is 12.6. The molecule has 0 bridgehead atoms. The van der Waals surface area contributed by atoms with Crippen molar-refractivity contribution in [3.63, 3.8) is 0 Å². The Kier molecular flexibility index (Phi) is 5.71. The van der Waals surface area contributed by atoms with Crippen molar-refractivity contribution in [3.8, 4) is 11.5 Å². The van der Waals surface area contributed by atoms with Crippen LogP contribution in [0.4, 0.5) is 0 Å². The lowest BCUT2D eigenvalue weighted by atomic mass is 9.93. The molecule has 1 aliphatic rings. The highest BCUT2D eigenvalue weighted by Crippen LogP contribution is 2.36. The summed E-state index contributed by atoms with van der Waals surface area (Å²) in [4.78, 5) is 25.4. The van der Waals surface area contributed by atoms with E-state index in [1.807, 2.05) is 0 Å². The van der Waals surface area contributed by atoms with E-state index in [-0.39, 0.29) is 17.7 Å². The highest BCUT2D eigenvalue weighted by Gasteiger charge is 2.25. The lowest BCUT2D eigenvalue weighted by molar-refractivity contribution is -0.119. The third-order valence-corrected chi connectivity index (χ3v) is 4.35. The van der Waals surface area contributed by atoms with Crippen LogP contribution in [0.25, 0.3) is 0 Å². The average Bonchev–Trinajstić information content (AvgIpc) is 2.53. The summed E-state index contributed by atoms with van der Waals surface area (Å²) in [5, 5.41) is 0.332. The Morgan fingerprint density at radius 2 is 1.91 bits per heavy atom. The van der Waals surface area contributed by atoms with Gasteiger partial charge in [0.25, 0.3) is 5.91 Å². The molecular weight excluding hydrogens is 320 g/mol. The van der Waals surface area contributed by atoms with Gasteiger partial charge in [-0.3, -0.25) is 9.59 Å². The largest absolute Gasteiger partial charge is 0.493 e. The molecule has 126 valence electrons. The molecule has 0 aliphatic carbocycles. The zero-order valence-electron chi connectivity index (χ0n) is 13.3. The van der Waals surface area contributed by atoms with Gasteiger partial charge in [0.1, 0.15) is 0 Å². The number of carbonyl (C=O) groups is 2. The summed E-state index contributed by atoms with van der Waals surface area (Å²) < 4.78 is 10.4. The fraction of sp³-hybridized carbons (Fsp3) is 0.500. The van der Waals surface area contributed by atoms with E-state index in [0.29, 0.717) is 41.6 Å². The topological polar surface area (TPSA) is 81.9 Å². The Labute approximate surface area is 140 Å². The van der Waals surface area contributed by atoms with Crippen molar-refractivity contribution < 1.29 is 19.1 Å². The van der Waals surface area contributed by atoms with Crippen molar-refractivity contribution in [1.82, 2.24) is 4.90 Å². The highest BCUT2D eigenvalue weighted by atomic mass is 35.5. The lowest BCUT2D eigenvalue weighted by Crippen LogP contribution is -2.39. The molecule has 2 N–H and O–H groups in total. The highest BCUT2D eigenvalue weighted by molar-refractivity contribution is 6.32. The van der Waals surface area contributed by atoms with Gasteiger partial charge >= 0.3 is 0 Å². The zero-order valence-corrected chi connectivity index (χ0v) is 14.1. The van der Waals surface area contributed by atoms with E-state index >= 15 is 0 Å². The second kappa shape index (κ2) is 7.55. The summed E-state index contributed by atoms with van der Waals surface area (Å²) in [6.07, 6.45) is 1.93. The van der Waals surface area contributed by atoms with Crippen LogP contribution in [-0.4, -0.2) is 44.0 Å². The Bertz CT molecular complexity index is 598. The van der Waals surface area contributed by atoms with Gasteiger partial charge in [0, 0.05) is 25.1 Å². The Hall–Kier alpha value is -1.95. The zero-order chi connectivity index (χ0) is 17.0. The van der Waals surface area contributed by atoms with E-state index in [0.717, 1.165) is 12.8 Å². The number of halogens is 1. The van der Waals surface area contributed by atoms with Crippen molar-refractivity contribution in [2.45, 2.75) is 19.3 Å². The number of piperidine rings is 1. The van der Waals surface area contributed by atoms with Crippen LogP contribution in [0, 0.1) is 5.92 Å². The van der Waals surface area contributed by atoms with Crippen LogP contribution in [0.3, 0.4) is 0 Å². The second-order valence-electron chi connectivity index (χ2n) is 5.60. The summed E-state index contributed by atoms with van der Waals surface area (Å²) in [5.74, 6) is 0.690. The van der Waals surface area contributed by atoms with Crippen LogP contribution >= 0.6 is 11.6 Å². The number of nitrogens with two attached hydrogens (primary N) is 1. The Morgan fingerprint density at radius 1 is 1.26 bits per heavy atom.